The third kappa shape index (κ3) is 6.77. The zero-order valence-corrected chi connectivity index (χ0v) is 17.6. The van der Waals surface area contributed by atoms with Crippen LogP contribution in [0, 0.1) is 0 Å². The van der Waals surface area contributed by atoms with Crippen LogP contribution in [0.25, 0.3) is 0 Å². The number of hydrogen-bond acceptors (Lipinski definition) is 6. The molecule has 31 heavy (non-hydrogen) atoms. The summed E-state index contributed by atoms with van der Waals surface area (Å²) in [6, 6.07) is 0.658. The molecule has 4 rings (SSSR count). The van der Waals surface area contributed by atoms with Crippen LogP contribution >= 0.6 is 0 Å². The fraction of sp³-hybridized carbons (Fsp3) is 0.900. The molecule has 0 saturated carbocycles. The van der Waals surface area contributed by atoms with Crippen LogP contribution < -0.4 is 0 Å². The summed E-state index contributed by atoms with van der Waals surface area (Å²) in [6.45, 7) is 6.60. The number of carbonyl (C=O) groups excluding carboxylic acids is 1. The summed E-state index contributed by atoms with van der Waals surface area (Å²) in [5, 5.41) is 7.12. The van der Waals surface area contributed by atoms with E-state index in [2.05, 4.69) is 4.90 Å². The minimum Gasteiger partial charge on any atom is -0.475 e. The Bertz CT molecular complexity index is 615. The Kier molecular flexibility index (Phi) is 8.17. The molecule has 0 aromatic rings. The van der Waals surface area contributed by atoms with Crippen LogP contribution in [-0.2, 0) is 23.8 Å². The Hall–Kier alpha value is -1.43. The summed E-state index contributed by atoms with van der Waals surface area (Å²) >= 11 is 0. The van der Waals surface area contributed by atoms with Gasteiger partial charge in [0.2, 0.25) is 5.91 Å². The number of ether oxygens (including phenoxy) is 3. The van der Waals surface area contributed by atoms with Gasteiger partial charge in [-0.3, -0.25) is 9.69 Å². The van der Waals surface area contributed by atoms with Crippen molar-refractivity contribution in [1.29, 1.82) is 0 Å². The van der Waals surface area contributed by atoms with Crippen LogP contribution in [-0.4, -0.2) is 103 Å². The average Bonchev–Trinajstić information content (AvgIpc) is 3.26. The Labute approximate surface area is 179 Å². The summed E-state index contributed by atoms with van der Waals surface area (Å²) < 4.78 is 49.3. The first-order valence-electron chi connectivity index (χ1n) is 10.8. The minimum absolute atomic E-state index is 0.0298. The number of hydrogen-bond donors (Lipinski definition) is 1. The molecule has 4 aliphatic rings. The van der Waals surface area contributed by atoms with Gasteiger partial charge in [0.05, 0.1) is 11.7 Å². The number of carboxylic acid groups (broad SMARTS) is 1. The molecule has 0 aromatic heterocycles. The van der Waals surface area contributed by atoms with E-state index in [9.17, 15) is 18.0 Å². The lowest BCUT2D eigenvalue weighted by Gasteiger charge is -2.56. The van der Waals surface area contributed by atoms with E-state index in [4.69, 9.17) is 24.1 Å². The highest BCUT2D eigenvalue weighted by Gasteiger charge is 2.49. The molecule has 4 fully saturated rings. The molecule has 0 aliphatic carbocycles. The lowest BCUT2D eigenvalue weighted by molar-refractivity contribution is -0.210. The summed E-state index contributed by atoms with van der Waals surface area (Å²) in [7, 11) is 0. The molecule has 1 amide bonds. The predicted octanol–water partition coefficient (Wildman–Crippen LogP) is 1.67. The van der Waals surface area contributed by atoms with Crippen molar-refractivity contribution < 1.29 is 42.1 Å². The Balaban J connectivity index is 0.000000339. The van der Waals surface area contributed by atoms with Gasteiger partial charge in [-0.1, -0.05) is 0 Å². The standard InChI is InChI=1S/C18H30N2O4.C2HF3O2/c21-17(19-6-1-2-7-19)12-23-16-5-10-24-18(11-16)13-20(14-18)15-3-8-22-9-4-15;3-2(4,5)1(6)7/h15-16H,1-14H2;(H,6,7). The first kappa shape index (κ1) is 24.2. The number of carbonyl (C=O) groups is 2. The van der Waals surface area contributed by atoms with Crippen molar-refractivity contribution in [2.45, 2.75) is 62.4 Å². The summed E-state index contributed by atoms with van der Waals surface area (Å²) in [6.07, 6.45) is 1.47. The van der Waals surface area contributed by atoms with E-state index < -0.39 is 12.1 Å². The number of likely N-dealkylation sites (tertiary alicyclic amines) is 2. The van der Waals surface area contributed by atoms with Crippen molar-refractivity contribution >= 4 is 11.9 Å². The monoisotopic (exact) mass is 452 g/mol. The van der Waals surface area contributed by atoms with Crippen molar-refractivity contribution in [2.24, 2.45) is 0 Å². The lowest BCUT2D eigenvalue weighted by Crippen LogP contribution is -2.68. The molecule has 4 heterocycles. The van der Waals surface area contributed by atoms with Crippen molar-refractivity contribution in [2.75, 3.05) is 52.6 Å². The molecule has 0 aromatic carbocycles. The van der Waals surface area contributed by atoms with Crippen molar-refractivity contribution in [3.05, 3.63) is 0 Å². The second-order valence-corrected chi connectivity index (χ2v) is 8.60. The van der Waals surface area contributed by atoms with Gasteiger partial charge in [-0.05, 0) is 32.1 Å². The Morgan fingerprint density at radius 1 is 1.06 bits per heavy atom. The van der Waals surface area contributed by atoms with Gasteiger partial charge in [-0.2, -0.15) is 13.2 Å². The third-order valence-corrected chi connectivity index (χ3v) is 6.28. The number of alkyl halides is 3. The number of amides is 1. The number of nitrogens with zero attached hydrogens (tertiary/aromatic N) is 2. The number of carboxylic acids is 1. The highest BCUT2D eigenvalue weighted by molar-refractivity contribution is 5.77. The topological polar surface area (TPSA) is 88.5 Å². The van der Waals surface area contributed by atoms with Crippen molar-refractivity contribution in [3.8, 4) is 0 Å². The van der Waals surface area contributed by atoms with Crippen LogP contribution in [0.1, 0.15) is 38.5 Å². The van der Waals surface area contributed by atoms with E-state index in [1.54, 1.807) is 0 Å². The molecule has 1 N–H and O–H groups in total. The van der Waals surface area contributed by atoms with Gasteiger partial charge in [0.1, 0.15) is 6.61 Å². The van der Waals surface area contributed by atoms with Crippen molar-refractivity contribution in [3.63, 3.8) is 0 Å². The SMILES string of the molecule is O=C(COC1CCOC2(C1)CN(C1CCOCC1)C2)N1CCCC1.O=C(O)C(F)(F)F. The van der Waals surface area contributed by atoms with Gasteiger partial charge in [0.25, 0.3) is 0 Å². The fourth-order valence-corrected chi connectivity index (χ4v) is 4.59. The van der Waals surface area contributed by atoms with Gasteiger partial charge in [-0.15, -0.1) is 0 Å². The minimum atomic E-state index is -5.08. The molecule has 0 bridgehead atoms. The maximum atomic E-state index is 12.1. The van der Waals surface area contributed by atoms with Gasteiger partial charge >= 0.3 is 12.1 Å². The fourth-order valence-electron chi connectivity index (χ4n) is 4.59. The third-order valence-electron chi connectivity index (χ3n) is 6.28. The molecular formula is C20H31F3N2O6. The molecule has 1 unspecified atom stereocenters. The molecule has 4 saturated heterocycles. The summed E-state index contributed by atoms with van der Waals surface area (Å²) in [5.74, 6) is -2.60. The summed E-state index contributed by atoms with van der Waals surface area (Å²) in [4.78, 5) is 25.5. The maximum absolute atomic E-state index is 12.1. The van der Waals surface area contributed by atoms with Crippen LogP contribution in [0.5, 0.6) is 0 Å². The second kappa shape index (κ2) is 10.5. The zero-order chi connectivity index (χ0) is 22.5. The van der Waals surface area contributed by atoms with Crippen LogP contribution in [0.3, 0.4) is 0 Å². The number of rotatable bonds is 4. The molecule has 1 spiro atoms. The molecule has 11 heteroatoms. The van der Waals surface area contributed by atoms with Gasteiger partial charge < -0.3 is 24.2 Å². The lowest BCUT2D eigenvalue weighted by atomic mass is 9.82. The molecule has 8 nitrogen and oxygen atoms in total. The van der Waals surface area contributed by atoms with E-state index in [0.717, 1.165) is 84.5 Å². The van der Waals surface area contributed by atoms with E-state index in [0.29, 0.717) is 6.04 Å². The maximum Gasteiger partial charge on any atom is 0.490 e. The molecule has 178 valence electrons. The van der Waals surface area contributed by atoms with Crippen LogP contribution in [0.4, 0.5) is 13.2 Å². The molecule has 4 aliphatic heterocycles. The highest BCUT2D eigenvalue weighted by Crippen LogP contribution is 2.37. The smallest absolute Gasteiger partial charge is 0.475 e. The molecule has 0 radical (unpaired) electrons. The summed E-state index contributed by atoms with van der Waals surface area (Å²) in [5.41, 5.74) is -0.0298. The van der Waals surface area contributed by atoms with Gasteiger partial charge in [0, 0.05) is 58.5 Å². The van der Waals surface area contributed by atoms with E-state index in [-0.39, 0.29) is 24.2 Å². The zero-order valence-electron chi connectivity index (χ0n) is 17.6. The van der Waals surface area contributed by atoms with E-state index in [1.165, 1.54) is 0 Å². The van der Waals surface area contributed by atoms with Crippen LogP contribution in [0.2, 0.25) is 0 Å². The largest absolute Gasteiger partial charge is 0.490 e. The first-order valence-corrected chi connectivity index (χ1v) is 10.8. The highest BCUT2D eigenvalue weighted by atomic mass is 19.4. The number of halogens is 3. The van der Waals surface area contributed by atoms with Crippen molar-refractivity contribution in [1.82, 2.24) is 9.80 Å². The predicted molar refractivity (Wildman–Crippen MR) is 103 cm³/mol. The molecular weight excluding hydrogens is 421 g/mol. The average molecular weight is 452 g/mol. The first-order chi connectivity index (χ1) is 14.7. The second-order valence-electron chi connectivity index (χ2n) is 8.60. The van der Waals surface area contributed by atoms with E-state index in [1.807, 2.05) is 4.90 Å². The van der Waals surface area contributed by atoms with Gasteiger partial charge in [0.15, 0.2) is 0 Å². The Morgan fingerprint density at radius 2 is 1.68 bits per heavy atom. The van der Waals surface area contributed by atoms with Gasteiger partial charge in [-0.25, -0.2) is 4.79 Å². The normalized spacial score (nSPS) is 26.8. The van der Waals surface area contributed by atoms with Crippen LogP contribution in [0.15, 0.2) is 0 Å². The quantitative estimate of drug-likeness (QED) is 0.694. The van der Waals surface area contributed by atoms with E-state index >= 15 is 0 Å². The number of aliphatic carboxylic acids is 1. The molecule has 1 atom stereocenters. The Morgan fingerprint density at radius 3 is 2.26 bits per heavy atom.